The molecule has 2 unspecified atom stereocenters. The van der Waals surface area contributed by atoms with Crippen LogP contribution in [0.5, 0.6) is 0 Å². The van der Waals surface area contributed by atoms with Crippen LogP contribution in [0, 0.1) is 11.8 Å². The van der Waals surface area contributed by atoms with E-state index in [2.05, 4.69) is 9.47 Å². The quantitative estimate of drug-likeness (QED) is 0.359. The highest BCUT2D eigenvalue weighted by molar-refractivity contribution is 6.44. The molecule has 0 heterocycles. The minimum atomic E-state index is -1.07. The van der Waals surface area contributed by atoms with Gasteiger partial charge in [0, 0.05) is 0 Å². The number of ether oxygens (including phenoxy) is 2. The largest absolute Gasteiger partial charge is 0.468 e. The highest BCUT2D eigenvalue weighted by Gasteiger charge is 2.44. The van der Waals surface area contributed by atoms with E-state index in [1.165, 1.54) is 0 Å². The number of esters is 2. The van der Waals surface area contributed by atoms with Crippen molar-refractivity contribution in [1.82, 2.24) is 0 Å². The second-order valence-electron chi connectivity index (χ2n) is 3.46. The summed E-state index contributed by atoms with van der Waals surface area (Å²) in [6.45, 7) is 0. The molecule has 1 rings (SSSR count). The molecule has 2 atom stereocenters. The minimum absolute atomic E-state index is 0.136. The molecule has 0 radical (unpaired) electrons. The average Bonchev–Trinajstić information content (AvgIpc) is 2.30. The Morgan fingerprint density at radius 2 is 1.25 bits per heavy atom. The van der Waals surface area contributed by atoms with E-state index in [1.807, 2.05) is 0 Å². The fraction of sp³-hybridized carbons (Fsp3) is 0.600. The second kappa shape index (κ2) is 4.87. The van der Waals surface area contributed by atoms with Gasteiger partial charge in [0.15, 0.2) is 0 Å². The smallest absolute Gasteiger partial charge is 0.316 e. The monoisotopic (exact) mass is 228 g/mol. The maximum Gasteiger partial charge on any atom is 0.316 e. The molecule has 0 saturated heterocycles. The molecule has 6 heteroatoms. The number of hydrogen-bond donors (Lipinski definition) is 0. The van der Waals surface area contributed by atoms with Crippen molar-refractivity contribution in [2.24, 2.45) is 11.8 Å². The Balaban J connectivity index is 2.80. The first kappa shape index (κ1) is 12.4. The lowest BCUT2D eigenvalue weighted by molar-refractivity contribution is -0.161. The molecule has 0 aliphatic heterocycles. The van der Waals surface area contributed by atoms with E-state index < -0.39 is 35.3 Å². The third-order valence-corrected chi connectivity index (χ3v) is 2.59. The summed E-state index contributed by atoms with van der Waals surface area (Å²) in [6.07, 6.45) is 0.272. The summed E-state index contributed by atoms with van der Waals surface area (Å²) in [4.78, 5) is 45.3. The number of methoxy groups -OCH3 is 2. The highest BCUT2D eigenvalue weighted by Crippen LogP contribution is 2.25. The Labute approximate surface area is 91.9 Å². The number of Topliss-reactive ketones (excluding diaryl/α,β-unsaturated/α-hetero) is 2. The van der Waals surface area contributed by atoms with Crippen LogP contribution in [-0.2, 0) is 28.7 Å². The predicted molar refractivity (Wildman–Crippen MR) is 50.3 cm³/mol. The van der Waals surface area contributed by atoms with Crippen LogP contribution in [0.15, 0.2) is 0 Å². The molecule has 1 fully saturated rings. The van der Waals surface area contributed by atoms with Crippen molar-refractivity contribution in [3.05, 3.63) is 0 Å². The number of hydrogen-bond acceptors (Lipinski definition) is 6. The summed E-state index contributed by atoms with van der Waals surface area (Å²) in [5.74, 6) is -5.35. The Kier molecular flexibility index (Phi) is 3.76. The standard InChI is InChI=1S/C10H12O6/c1-15-9(13)5-3-4-6(10(14)16-2)8(12)7(5)11/h5-6H,3-4H2,1-2H3. The van der Waals surface area contributed by atoms with Gasteiger partial charge in [0.1, 0.15) is 11.8 Å². The van der Waals surface area contributed by atoms with Gasteiger partial charge in [0.05, 0.1) is 14.2 Å². The van der Waals surface area contributed by atoms with Crippen molar-refractivity contribution >= 4 is 23.5 Å². The molecular weight excluding hydrogens is 216 g/mol. The van der Waals surface area contributed by atoms with Crippen LogP contribution >= 0.6 is 0 Å². The van der Waals surface area contributed by atoms with Crippen LogP contribution in [-0.4, -0.2) is 37.7 Å². The van der Waals surface area contributed by atoms with E-state index in [1.54, 1.807) is 0 Å². The molecule has 0 amide bonds. The number of carbonyl (C=O) groups is 4. The lowest BCUT2D eigenvalue weighted by Crippen LogP contribution is -2.42. The van der Waals surface area contributed by atoms with Crippen LogP contribution in [0.4, 0.5) is 0 Å². The Morgan fingerprint density at radius 1 is 0.938 bits per heavy atom. The van der Waals surface area contributed by atoms with Gasteiger partial charge in [0.25, 0.3) is 0 Å². The number of ketones is 2. The maximum atomic E-state index is 11.5. The zero-order valence-electron chi connectivity index (χ0n) is 9.02. The lowest BCUT2D eigenvalue weighted by Gasteiger charge is -2.22. The van der Waals surface area contributed by atoms with Crippen molar-refractivity contribution in [1.29, 1.82) is 0 Å². The van der Waals surface area contributed by atoms with Gasteiger partial charge in [-0.2, -0.15) is 0 Å². The average molecular weight is 228 g/mol. The molecular formula is C10H12O6. The first-order chi connectivity index (χ1) is 7.52. The first-order valence-electron chi connectivity index (χ1n) is 4.76. The molecule has 1 saturated carbocycles. The number of carbonyl (C=O) groups excluding carboxylic acids is 4. The minimum Gasteiger partial charge on any atom is -0.468 e. The number of rotatable bonds is 2. The molecule has 0 aromatic rings. The Bertz CT molecular complexity index is 311. The molecule has 1 aliphatic rings. The lowest BCUT2D eigenvalue weighted by atomic mass is 9.80. The van der Waals surface area contributed by atoms with Crippen LogP contribution in [0.25, 0.3) is 0 Å². The van der Waals surface area contributed by atoms with Crippen LogP contribution in [0.3, 0.4) is 0 Å². The Hall–Kier alpha value is -1.72. The van der Waals surface area contributed by atoms with Crippen molar-refractivity contribution in [2.75, 3.05) is 14.2 Å². The van der Waals surface area contributed by atoms with Gasteiger partial charge >= 0.3 is 11.9 Å². The van der Waals surface area contributed by atoms with Gasteiger partial charge in [-0.3, -0.25) is 19.2 Å². The van der Waals surface area contributed by atoms with E-state index in [0.29, 0.717) is 0 Å². The molecule has 0 N–H and O–H groups in total. The molecule has 88 valence electrons. The van der Waals surface area contributed by atoms with Crippen LogP contribution in [0.2, 0.25) is 0 Å². The normalized spacial score (nSPS) is 25.1. The Morgan fingerprint density at radius 3 is 1.50 bits per heavy atom. The zero-order chi connectivity index (χ0) is 12.3. The molecule has 16 heavy (non-hydrogen) atoms. The van der Waals surface area contributed by atoms with Crippen molar-refractivity contribution in [3.8, 4) is 0 Å². The first-order valence-corrected chi connectivity index (χ1v) is 4.76. The fourth-order valence-electron chi connectivity index (χ4n) is 1.67. The molecule has 1 aliphatic carbocycles. The van der Waals surface area contributed by atoms with Gasteiger partial charge in [-0.05, 0) is 12.8 Å². The third kappa shape index (κ3) is 2.10. The van der Waals surface area contributed by atoms with E-state index in [9.17, 15) is 19.2 Å². The van der Waals surface area contributed by atoms with Gasteiger partial charge in [-0.25, -0.2) is 0 Å². The fourth-order valence-corrected chi connectivity index (χ4v) is 1.67. The second-order valence-corrected chi connectivity index (χ2v) is 3.46. The van der Waals surface area contributed by atoms with E-state index >= 15 is 0 Å². The zero-order valence-corrected chi connectivity index (χ0v) is 9.02. The summed E-state index contributed by atoms with van der Waals surface area (Å²) in [6, 6.07) is 0. The molecule has 6 nitrogen and oxygen atoms in total. The highest BCUT2D eigenvalue weighted by atomic mass is 16.5. The predicted octanol–water partition coefficient (Wildman–Crippen LogP) is -0.503. The topological polar surface area (TPSA) is 86.7 Å². The van der Waals surface area contributed by atoms with Crippen molar-refractivity contribution in [3.63, 3.8) is 0 Å². The van der Waals surface area contributed by atoms with Crippen LogP contribution < -0.4 is 0 Å². The van der Waals surface area contributed by atoms with E-state index in [-0.39, 0.29) is 12.8 Å². The summed E-state index contributed by atoms with van der Waals surface area (Å²) in [5, 5.41) is 0. The summed E-state index contributed by atoms with van der Waals surface area (Å²) in [5.41, 5.74) is 0. The molecule has 0 bridgehead atoms. The summed E-state index contributed by atoms with van der Waals surface area (Å²) in [7, 11) is 2.29. The van der Waals surface area contributed by atoms with Gasteiger partial charge < -0.3 is 9.47 Å². The summed E-state index contributed by atoms with van der Waals surface area (Å²) < 4.78 is 8.80. The molecule has 0 aromatic heterocycles. The van der Waals surface area contributed by atoms with Gasteiger partial charge in [-0.1, -0.05) is 0 Å². The van der Waals surface area contributed by atoms with E-state index in [4.69, 9.17) is 0 Å². The van der Waals surface area contributed by atoms with Gasteiger partial charge in [0.2, 0.25) is 11.6 Å². The SMILES string of the molecule is COC(=O)C1CCC(C(=O)OC)C(=O)C1=O. The molecule has 0 aromatic carbocycles. The van der Waals surface area contributed by atoms with Gasteiger partial charge in [-0.15, -0.1) is 0 Å². The maximum absolute atomic E-state index is 11.5. The van der Waals surface area contributed by atoms with E-state index in [0.717, 1.165) is 14.2 Å². The molecule has 0 spiro atoms. The van der Waals surface area contributed by atoms with Crippen molar-refractivity contribution in [2.45, 2.75) is 12.8 Å². The third-order valence-electron chi connectivity index (χ3n) is 2.59. The van der Waals surface area contributed by atoms with Crippen LogP contribution in [0.1, 0.15) is 12.8 Å². The van der Waals surface area contributed by atoms with Crippen molar-refractivity contribution < 1.29 is 28.7 Å². The summed E-state index contributed by atoms with van der Waals surface area (Å²) >= 11 is 0.